The quantitative estimate of drug-likeness (QED) is 0.513. The standard InChI is InChI=1S/C5H11NO2S/c1-2-6-3-4-9(7,8)5-6/h2-5H2,1H3. The van der Waals surface area contributed by atoms with Gasteiger partial charge in [-0.05, 0) is 6.54 Å². The molecule has 0 aromatic carbocycles. The van der Waals surface area contributed by atoms with Crippen molar-refractivity contribution < 1.29 is 8.42 Å². The zero-order valence-corrected chi connectivity index (χ0v) is 6.32. The van der Waals surface area contributed by atoms with Crippen LogP contribution in [0.3, 0.4) is 0 Å². The van der Waals surface area contributed by atoms with Crippen LogP contribution in [0.25, 0.3) is 0 Å². The first kappa shape index (κ1) is 7.02. The van der Waals surface area contributed by atoms with E-state index in [4.69, 9.17) is 0 Å². The summed E-state index contributed by atoms with van der Waals surface area (Å²) in [6.07, 6.45) is 0. The Morgan fingerprint density at radius 3 is 2.44 bits per heavy atom. The summed E-state index contributed by atoms with van der Waals surface area (Å²) in [7, 11) is -2.68. The molecule has 0 bridgehead atoms. The summed E-state index contributed by atoms with van der Waals surface area (Å²) in [6, 6.07) is 0. The first-order chi connectivity index (χ1) is 4.14. The third-order valence-electron chi connectivity index (χ3n) is 1.55. The third kappa shape index (κ3) is 1.66. The van der Waals surface area contributed by atoms with Crippen molar-refractivity contribution in [2.24, 2.45) is 0 Å². The fraction of sp³-hybridized carbons (Fsp3) is 1.00. The Morgan fingerprint density at radius 1 is 1.56 bits per heavy atom. The van der Waals surface area contributed by atoms with Crippen molar-refractivity contribution >= 4 is 9.84 Å². The Kier molecular flexibility index (Phi) is 1.77. The fourth-order valence-corrected chi connectivity index (χ4v) is 2.46. The van der Waals surface area contributed by atoms with Crippen LogP contribution in [0.5, 0.6) is 0 Å². The molecule has 0 aliphatic carbocycles. The van der Waals surface area contributed by atoms with E-state index in [1.54, 1.807) is 0 Å². The molecule has 4 heteroatoms. The number of nitrogens with zero attached hydrogens (tertiary/aromatic N) is 1. The van der Waals surface area contributed by atoms with Crippen LogP contribution in [0.1, 0.15) is 6.92 Å². The van der Waals surface area contributed by atoms with Crippen LogP contribution in [-0.4, -0.2) is 38.0 Å². The van der Waals surface area contributed by atoms with Gasteiger partial charge in [-0.3, -0.25) is 4.90 Å². The fourth-order valence-electron chi connectivity index (χ4n) is 0.925. The lowest BCUT2D eigenvalue weighted by molar-refractivity contribution is 0.374. The lowest BCUT2D eigenvalue weighted by Crippen LogP contribution is -2.19. The van der Waals surface area contributed by atoms with E-state index in [1.807, 2.05) is 11.8 Å². The van der Waals surface area contributed by atoms with E-state index in [0.717, 1.165) is 13.1 Å². The van der Waals surface area contributed by atoms with Gasteiger partial charge in [0.25, 0.3) is 0 Å². The predicted molar refractivity (Wildman–Crippen MR) is 35.9 cm³/mol. The monoisotopic (exact) mass is 149 g/mol. The molecule has 0 radical (unpaired) electrons. The summed E-state index contributed by atoms with van der Waals surface area (Å²) in [4.78, 5) is 1.93. The molecule has 0 unspecified atom stereocenters. The summed E-state index contributed by atoms with van der Waals surface area (Å²) in [6.45, 7) is 3.54. The second kappa shape index (κ2) is 2.27. The van der Waals surface area contributed by atoms with Crippen molar-refractivity contribution in [2.75, 3.05) is 24.7 Å². The van der Waals surface area contributed by atoms with Crippen molar-refractivity contribution in [1.82, 2.24) is 4.90 Å². The minimum absolute atomic E-state index is 0.267. The molecule has 9 heavy (non-hydrogen) atoms. The largest absolute Gasteiger partial charge is 0.289 e. The first-order valence-electron chi connectivity index (χ1n) is 3.07. The van der Waals surface area contributed by atoms with Crippen LogP contribution in [0.15, 0.2) is 0 Å². The van der Waals surface area contributed by atoms with Gasteiger partial charge in [-0.1, -0.05) is 6.92 Å². The van der Waals surface area contributed by atoms with Crippen molar-refractivity contribution in [3.05, 3.63) is 0 Å². The van der Waals surface area contributed by atoms with Gasteiger partial charge in [0.15, 0.2) is 9.84 Å². The molecule has 1 aliphatic rings. The van der Waals surface area contributed by atoms with Crippen molar-refractivity contribution in [3.63, 3.8) is 0 Å². The number of sulfone groups is 1. The SMILES string of the molecule is CCN1CCS(=O)(=O)C1. The second-order valence-corrected chi connectivity index (χ2v) is 4.44. The van der Waals surface area contributed by atoms with Crippen LogP contribution in [0, 0.1) is 0 Å². The van der Waals surface area contributed by atoms with Gasteiger partial charge in [0.1, 0.15) is 5.88 Å². The van der Waals surface area contributed by atoms with E-state index in [9.17, 15) is 8.42 Å². The number of hydrogen-bond donors (Lipinski definition) is 0. The molecule has 0 amide bonds. The molecule has 3 nitrogen and oxygen atoms in total. The van der Waals surface area contributed by atoms with Gasteiger partial charge >= 0.3 is 0 Å². The Balaban J connectivity index is 2.58. The zero-order valence-electron chi connectivity index (χ0n) is 5.50. The van der Waals surface area contributed by atoms with E-state index in [2.05, 4.69) is 0 Å². The van der Waals surface area contributed by atoms with Crippen LogP contribution < -0.4 is 0 Å². The highest BCUT2D eigenvalue weighted by Crippen LogP contribution is 2.04. The van der Waals surface area contributed by atoms with Gasteiger partial charge in [0.2, 0.25) is 0 Å². The molecule has 1 fully saturated rings. The molecular weight excluding hydrogens is 138 g/mol. The van der Waals surface area contributed by atoms with Gasteiger partial charge in [0, 0.05) is 6.54 Å². The summed E-state index contributed by atoms with van der Waals surface area (Å²) in [5.74, 6) is 0.615. The summed E-state index contributed by atoms with van der Waals surface area (Å²) < 4.78 is 21.5. The molecule has 0 aromatic rings. The molecule has 0 N–H and O–H groups in total. The highest BCUT2D eigenvalue weighted by atomic mass is 32.2. The molecule has 0 saturated carbocycles. The average molecular weight is 149 g/mol. The van der Waals surface area contributed by atoms with E-state index in [0.29, 0.717) is 5.75 Å². The van der Waals surface area contributed by atoms with Crippen LogP contribution >= 0.6 is 0 Å². The molecule has 1 heterocycles. The van der Waals surface area contributed by atoms with Crippen molar-refractivity contribution in [1.29, 1.82) is 0 Å². The smallest absolute Gasteiger partial charge is 0.164 e. The van der Waals surface area contributed by atoms with E-state index in [-0.39, 0.29) is 5.88 Å². The highest BCUT2D eigenvalue weighted by Gasteiger charge is 2.23. The first-order valence-corrected chi connectivity index (χ1v) is 4.89. The molecule has 0 spiro atoms. The molecular formula is C5H11NO2S. The molecule has 54 valence electrons. The molecule has 0 atom stereocenters. The minimum atomic E-state index is -2.68. The van der Waals surface area contributed by atoms with E-state index < -0.39 is 9.84 Å². The molecule has 1 saturated heterocycles. The van der Waals surface area contributed by atoms with Gasteiger partial charge in [-0.15, -0.1) is 0 Å². The highest BCUT2D eigenvalue weighted by molar-refractivity contribution is 7.91. The second-order valence-electron chi connectivity index (χ2n) is 2.29. The topological polar surface area (TPSA) is 37.4 Å². The van der Waals surface area contributed by atoms with Crippen molar-refractivity contribution in [2.45, 2.75) is 6.92 Å². The Labute approximate surface area is 55.6 Å². The Hall–Kier alpha value is -0.0900. The van der Waals surface area contributed by atoms with E-state index >= 15 is 0 Å². The van der Waals surface area contributed by atoms with E-state index in [1.165, 1.54) is 0 Å². The lowest BCUT2D eigenvalue weighted by atomic mass is 10.6. The van der Waals surface area contributed by atoms with Gasteiger partial charge in [-0.2, -0.15) is 0 Å². The van der Waals surface area contributed by atoms with Gasteiger partial charge < -0.3 is 0 Å². The minimum Gasteiger partial charge on any atom is -0.289 e. The summed E-state index contributed by atoms with van der Waals surface area (Å²) >= 11 is 0. The molecule has 0 aromatic heterocycles. The van der Waals surface area contributed by atoms with Gasteiger partial charge in [-0.25, -0.2) is 8.42 Å². The van der Waals surface area contributed by atoms with Crippen LogP contribution in [-0.2, 0) is 9.84 Å². The maximum Gasteiger partial charge on any atom is 0.164 e. The summed E-state index contributed by atoms with van der Waals surface area (Å²) in [5, 5.41) is 0. The van der Waals surface area contributed by atoms with Gasteiger partial charge in [0.05, 0.1) is 5.75 Å². The Morgan fingerprint density at radius 2 is 2.22 bits per heavy atom. The number of hydrogen-bond acceptors (Lipinski definition) is 3. The van der Waals surface area contributed by atoms with Crippen LogP contribution in [0.4, 0.5) is 0 Å². The number of rotatable bonds is 1. The Bertz CT molecular complexity index is 185. The lowest BCUT2D eigenvalue weighted by Gasteiger charge is -2.06. The maximum atomic E-state index is 10.8. The molecule has 1 rings (SSSR count). The predicted octanol–water partition coefficient (Wildman–Crippen LogP) is -0.306. The normalized spacial score (nSPS) is 26.8. The maximum absolute atomic E-state index is 10.8. The van der Waals surface area contributed by atoms with Crippen LogP contribution in [0.2, 0.25) is 0 Å². The van der Waals surface area contributed by atoms with Crippen molar-refractivity contribution in [3.8, 4) is 0 Å². The third-order valence-corrected chi connectivity index (χ3v) is 3.11. The zero-order chi connectivity index (χ0) is 6.91. The average Bonchev–Trinajstić information content (AvgIpc) is 2.10. The molecule has 1 aliphatic heterocycles. The summed E-state index contributed by atoms with van der Waals surface area (Å²) in [5.41, 5.74) is 0.